The second-order valence-electron chi connectivity index (χ2n) is 10.6. The van der Waals surface area contributed by atoms with Crippen molar-refractivity contribution in [3.05, 3.63) is 67.8 Å². The number of hydrogen-bond donors (Lipinski definition) is 0. The van der Waals surface area contributed by atoms with Crippen LogP contribution >= 0.6 is 0 Å². The molecule has 0 aliphatic rings. The fraction of sp³-hybridized carbons (Fsp3) is 0.529. The number of benzene rings is 2. The minimum absolute atomic E-state index is 0.182. The van der Waals surface area contributed by atoms with Gasteiger partial charge in [-0.05, 0) is 6.42 Å². The second kappa shape index (κ2) is 14.4. The zero-order chi connectivity index (χ0) is 27.9. The van der Waals surface area contributed by atoms with E-state index in [1.807, 2.05) is 6.08 Å². The SMILES string of the molecule is CCCCc1c(C)c(C)c(/C=C/C(=O)CCN([C](C)=[W])c2[c-]c(C)c(C)c(C)c2C)c(C)c1CCCC. The summed E-state index contributed by atoms with van der Waals surface area (Å²) < 4.78 is 1.27. The van der Waals surface area contributed by atoms with E-state index in [9.17, 15) is 4.79 Å². The molecule has 0 bridgehead atoms. The minimum Gasteiger partial charge on any atom is -0.0654 e. The standard InChI is InChI=1S/C34H48NO.W/c1-11-14-16-32-27(8)26(7)31(29(10)33(32)17-15-12-2)19-18-30(36)20-21-35(13-3)34-22-23(4)24(5)25(6)28(34)9;/h18-19H,11-12,14-17,20-21H2,1-10H3;/q-1;/b19-18+;. The van der Waals surface area contributed by atoms with Crippen LogP contribution in [0.25, 0.3) is 6.08 Å². The quantitative estimate of drug-likeness (QED) is 0.157. The van der Waals surface area contributed by atoms with Gasteiger partial charge < -0.3 is 0 Å². The van der Waals surface area contributed by atoms with Crippen LogP contribution < -0.4 is 4.90 Å². The van der Waals surface area contributed by atoms with Crippen LogP contribution in [0.5, 0.6) is 0 Å². The Labute approximate surface area is 238 Å². The fourth-order valence-corrected chi connectivity index (χ4v) is 5.90. The molecule has 0 unspecified atom stereocenters. The fourth-order valence-electron chi connectivity index (χ4n) is 5.24. The molecule has 3 heteroatoms. The summed E-state index contributed by atoms with van der Waals surface area (Å²) >= 11 is 1.42. The van der Waals surface area contributed by atoms with Crippen LogP contribution in [0.2, 0.25) is 0 Å². The number of carbonyl (C=O) groups is 1. The number of rotatable bonds is 13. The molecule has 0 atom stereocenters. The molecule has 0 fully saturated rings. The van der Waals surface area contributed by atoms with Crippen molar-refractivity contribution in [1.29, 1.82) is 0 Å². The third kappa shape index (κ3) is 7.63. The summed E-state index contributed by atoms with van der Waals surface area (Å²) in [6.07, 6.45) is 11.6. The molecule has 37 heavy (non-hydrogen) atoms. The molecule has 2 nitrogen and oxygen atoms in total. The summed E-state index contributed by atoms with van der Waals surface area (Å²) in [5.74, 6) is 0.182. The first-order valence-corrected chi connectivity index (χ1v) is 15.5. The van der Waals surface area contributed by atoms with Crippen LogP contribution in [0.1, 0.15) is 109 Å². The van der Waals surface area contributed by atoms with E-state index in [1.165, 1.54) is 99.1 Å². The van der Waals surface area contributed by atoms with Gasteiger partial charge in [-0.2, -0.15) is 0 Å². The summed E-state index contributed by atoms with van der Waals surface area (Å²) in [5.41, 5.74) is 14.6. The molecular weight excluding hydrogens is 622 g/mol. The Morgan fingerprint density at radius 1 is 0.811 bits per heavy atom. The predicted octanol–water partition coefficient (Wildman–Crippen LogP) is 8.51. The van der Waals surface area contributed by atoms with Gasteiger partial charge in [0, 0.05) is 0 Å². The molecule has 0 amide bonds. The van der Waals surface area contributed by atoms with Crippen molar-refractivity contribution in [2.45, 2.75) is 114 Å². The van der Waals surface area contributed by atoms with E-state index in [-0.39, 0.29) is 5.78 Å². The molecule has 2 rings (SSSR count). The first kappa shape index (κ1) is 31.4. The summed E-state index contributed by atoms with van der Waals surface area (Å²) in [6, 6.07) is 3.60. The molecule has 0 aliphatic heterocycles. The van der Waals surface area contributed by atoms with Gasteiger partial charge >= 0.3 is 206 Å². The van der Waals surface area contributed by atoms with Crippen molar-refractivity contribution in [1.82, 2.24) is 0 Å². The van der Waals surface area contributed by atoms with Gasteiger partial charge in [0.1, 0.15) is 0 Å². The van der Waals surface area contributed by atoms with Gasteiger partial charge in [-0.3, -0.25) is 0 Å². The number of nitrogens with zero attached hydrogens (tertiary/aromatic N) is 1. The van der Waals surface area contributed by atoms with E-state index >= 15 is 0 Å². The van der Waals surface area contributed by atoms with Crippen molar-refractivity contribution in [2.24, 2.45) is 0 Å². The maximum absolute atomic E-state index is 13.1. The van der Waals surface area contributed by atoms with Gasteiger partial charge in [0.05, 0.1) is 0 Å². The monoisotopic (exact) mass is 670 g/mol. The Balaban J connectivity index is 2.31. The van der Waals surface area contributed by atoms with Gasteiger partial charge in [0.15, 0.2) is 0 Å². The molecule has 0 heterocycles. The average Bonchev–Trinajstić information content (AvgIpc) is 2.86. The molecule has 0 aromatic heterocycles. The van der Waals surface area contributed by atoms with Crippen LogP contribution in [-0.4, -0.2) is 16.3 Å². The van der Waals surface area contributed by atoms with Crippen molar-refractivity contribution >= 4 is 21.6 Å². The van der Waals surface area contributed by atoms with E-state index in [2.05, 4.69) is 86.3 Å². The zero-order valence-corrected chi connectivity index (χ0v) is 28.0. The Morgan fingerprint density at radius 3 is 1.92 bits per heavy atom. The molecule has 2 aromatic carbocycles. The molecule has 0 N–H and O–H groups in total. The maximum atomic E-state index is 13.1. The van der Waals surface area contributed by atoms with Crippen LogP contribution in [0, 0.1) is 54.5 Å². The van der Waals surface area contributed by atoms with Gasteiger partial charge in [-0.25, -0.2) is 0 Å². The third-order valence-electron chi connectivity index (χ3n) is 8.22. The van der Waals surface area contributed by atoms with Crippen molar-refractivity contribution in [3.8, 4) is 0 Å². The summed E-state index contributed by atoms with van der Waals surface area (Å²) in [5, 5.41) is 0. The van der Waals surface area contributed by atoms with Gasteiger partial charge in [-0.1, -0.05) is 26.7 Å². The van der Waals surface area contributed by atoms with Crippen molar-refractivity contribution < 1.29 is 24.1 Å². The van der Waals surface area contributed by atoms with E-state index in [1.54, 1.807) is 5.56 Å². The Bertz CT molecular complexity index is 1170. The minimum atomic E-state index is 0.182. The first-order valence-electron chi connectivity index (χ1n) is 14.1. The van der Waals surface area contributed by atoms with Crippen molar-refractivity contribution in [2.75, 3.05) is 11.4 Å². The molecule has 0 spiro atoms. The summed E-state index contributed by atoms with van der Waals surface area (Å²) in [6.45, 7) is 22.8. The molecule has 0 saturated carbocycles. The number of carbonyl (C=O) groups excluding carboxylic acids is 1. The van der Waals surface area contributed by atoms with Crippen molar-refractivity contribution in [3.63, 3.8) is 0 Å². The van der Waals surface area contributed by atoms with E-state index in [0.29, 0.717) is 13.0 Å². The Kier molecular flexibility index (Phi) is 12.2. The molecule has 0 radical (unpaired) electrons. The summed E-state index contributed by atoms with van der Waals surface area (Å²) in [7, 11) is 0. The zero-order valence-electron chi connectivity index (χ0n) is 25.1. The van der Waals surface area contributed by atoms with Gasteiger partial charge in [0.2, 0.25) is 0 Å². The molecular formula is C34H48NOW-. The molecule has 202 valence electrons. The Morgan fingerprint density at radius 2 is 1.38 bits per heavy atom. The number of ketones is 1. The van der Waals surface area contributed by atoms with Crippen LogP contribution in [0.15, 0.2) is 6.08 Å². The van der Waals surface area contributed by atoms with E-state index < -0.39 is 0 Å². The van der Waals surface area contributed by atoms with Crippen LogP contribution in [0.4, 0.5) is 5.69 Å². The number of anilines is 1. The second-order valence-corrected chi connectivity index (χ2v) is 12.8. The smallest absolute Gasteiger partial charge is 0.0654 e. The summed E-state index contributed by atoms with van der Waals surface area (Å²) in [4.78, 5) is 15.4. The molecule has 0 saturated heterocycles. The third-order valence-corrected chi connectivity index (χ3v) is 9.01. The molecule has 0 aliphatic carbocycles. The number of unbranched alkanes of at least 4 members (excludes halogenated alkanes) is 2. The normalized spacial score (nSPS) is 11.4. The van der Waals surface area contributed by atoms with Gasteiger partial charge in [-0.15, -0.1) is 0 Å². The van der Waals surface area contributed by atoms with Crippen LogP contribution in [-0.2, 0) is 37.0 Å². The van der Waals surface area contributed by atoms with E-state index in [0.717, 1.165) is 18.5 Å². The number of hydrogen-bond acceptors (Lipinski definition) is 2. The van der Waals surface area contributed by atoms with E-state index in [4.69, 9.17) is 0 Å². The Hall–Kier alpha value is -1.79. The van der Waals surface area contributed by atoms with Gasteiger partial charge in [0.25, 0.3) is 0 Å². The predicted molar refractivity (Wildman–Crippen MR) is 159 cm³/mol. The first-order chi connectivity index (χ1) is 17.5. The average molecular weight is 671 g/mol. The number of allylic oxidation sites excluding steroid dienone is 1. The topological polar surface area (TPSA) is 20.3 Å². The van der Waals surface area contributed by atoms with Crippen LogP contribution in [0.3, 0.4) is 0 Å². The number of aryl methyl sites for hydroxylation is 1. The molecule has 2 aromatic rings.